The summed E-state index contributed by atoms with van der Waals surface area (Å²) in [5.41, 5.74) is 3.47. The molecule has 0 aliphatic carbocycles. The molecule has 1 atom stereocenters. The number of aliphatic hydroxyl groups excluding tert-OH is 1. The van der Waals surface area contributed by atoms with Gasteiger partial charge in [-0.05, 0) is 41.3 Å². The molecule has 1 saturated heterocycles. The van der Waals surface area contributed by atoms with Crippen LogP contribution in [0, 0.1) is 0 Å². The Balaban J connectivity index is 1.35. The average molecular weight is 426 g/mol. The molecular formula is C25H35N3O3. The number of hydrogen-bond acceptors (Lipinski definition) is 5. The van der Waals surface area contributed by atoms with Gasteiger partial charge in [-0.1, -0.05) is 38.1 Å². The van der Waals surface area contributed by atoms with E-state index in [2.05, 4.69) is 53.2 Å². The molecule has 6 nitrogen and oxygen atoms in total. The summed E-state index contributed by atoms with van der Waals surface area (Å²) in [6, 6.07) is 16.1. The standard InChI is InChI=1S/C25H35N3O3/c1-19(2)22-6-4-21(5-7-22)16-27-12-14-28(15-13-27)17-24(30)18-31-25-10-8-23(9-11-25)26-20(3)29/h4-11,19,24,30H,12-18H2,1-3H3,(H,26,29). The second-order valence-electron chi connectivity index (χ2n) is 8.64. The summed E-state index contributed by atoms with van der Waals surface area (Å²) in [7, 11) is 0. The van der Waals surface area contributed by atoms with Gasteiger partial charge in [-0.15, -0.1) is 0 Å². The zero-order valence-electron chi connectivity index (χ0n) is 18.9. The van der Waals surface area contributed by atoms with Crippen LogP contribution in [0.1, 0.15) is 37.8 Å². The highest BCUT2D eigenvalue weighted by Crippen LogP contribution is 2.17. The lowest BCUT2D eigenvalue weighted by atomic mass is 10.0. The van der Waals surface area contributed by atoms with Crippen molar-refractivity contribution in [3.05, 3.63) is 59.7 Å². The van der Waals surface area contributed by atoms with Gasteiger partial charge in [0.15, 0.2) is 0 Å². The fraction of sp³-hybridized carbons (Fsp3) is 0.480. The molecule has 1 aliphatic heterocycles. The van der Waals surface area contributed by atoms with Crippen molar-refractivity contribution in [2.75, 3.05) is 44.6 Å². The first-order valence-corrected chi connectivity index (χ1v) is 11.1. The largest absolute Gasteiger partial charge is 0.491 e. The van der Waals surface area contributed by atoms with Crippen molar-refractivity contribution in [1.29, 1.82) is 0 Å². The lowest BCUT2D eigenvalue weighted by Gasteiger charge is -2.35. The molecule has 2 aromatic rings. The average Bonchev–Trinajstić information content (AvgIpc) is 2.75. The predicted molar refractivity (Wildman–Crippen MR) is 124 cm³/mol. The third-order valence-electron chi connectivity index (χ3n) is 5.60. The topological polar surface area (TPSA) is 65.0 Å². The number of amides is 1. The molecule has 3 rings (SSSR count). The van der Waals surface area contributed by atoms with Crippen LogP contribution in [0.2, 0.25) is 0 Å². The first-order valence-electron chi connectivity index (χ1n) is 11.1. The number of nitrogens with zero attached hydrogens (tertiary/aromatic N) is 2. The minimum Gasteiger partial charge on any atom is -0.491 e. The summed E-state index contributed by atoms with van der Waals surface area (Å²) in [6.07, 6.45) is -0.537. The lowest BCUT2D eigenvalue weighted by Crippen LogP contribution is -2.48. The molecule has 0 saturated carbocycles. The molecule has 1 aliphatic rings. The number of nitrogens with one attached hydrogen (secondary N) is 1. The molecule has 0 radical (unpaired) electrons. The van der Waals surface area contributed by atoms with Gasteiger partial charge in [-0.3, -0.25) is 14.6 Å². The molecule has 2 N–H and O–H groups in total. The van der Waals surface area contributed by atoms with Crippen molar-refractivity contribution in [1.82, 2.24) is 9.80 Å². The van der Waals surface area contributed by atoms with E-state index in [0.29, 0.717) is 18.2 Å². The van der Waals surface area contributed by atoms with Gasteiger partial charge in [0.05, 0.1) is 0 Å². The van der Waals surface area contributed by atoms with E-state index < -0.39 is 6.10 Å². The smallest absolute Gasteiger partial charge is 0.221 e. The zero-order chi connectivity index (χ0) is 22.2. The van der Waals surface area contributed by atoms with Crippen LogP contribution in [0.3, 0.4) is 0 Å². The van der Waals surface area contributed by atoms with E-state index in [1.165, 1.54) is 18.1 Å². The Morgan fingerprint density at radius 2 is 1.61 bits per heavy atom. The molecule has 168 valence electrons. The van der Waals surface area contributed by atoms with Gasteiger partial charge in [-0.2, -0.15) is 0 Å². The Bertz CT molecular complexity index is 813. The highest BCUT2D eigenvalue weighted by atomic mass is 16.5. The Kier molecular flexibility index (Phi) is 8.46. The summed E-state index contributed by atoms with van der Waals surface area (Å²) in [5, 5.41) is 13.1. The number of ether oxygens (including phenoxy) is 1. The maximum absolute atomic E-state index is 11.1. The van der Waals surface area contributed by atoms with Gasteiger partial charge in [-0.25, -0.2) is 0 Å². The van der Waals surface area contributed by atoms with E-state index in [0.717, 1.165) is 38.4 Å². The highest BCUT2D eigenvalue weighted by molar-refractivity contribution is 5.88. The maximum Gasteiger partial charge on any atom is 0.221 e. The Hall–Kier alpha value is -2.41. The van der Waals surface area contributed by atoms with Gasteiger partial charge < -0.3 is 15.2 Å². The normalized spacial score (nSPS) is 16.3. The summed E-state index contributed by atoms with van der Waals surface area (Å²) in [6.45, 7) is 11.7. The Morgan fingerprint density at radius 3 is 2.19 bits per heavy atom. The van der Waals surface area contributed by atoms with Crippen molar-refractivity contribution in [2.24, 2.45) is 0 Å². The molecule has 31 heavy (non-hydrogen) atoms. The summed E-state index contributed by atoms with van der Waals surface area (Å²) in [5.74, 6) is 1.14. The van der Waals surface area contributed by atoms with E-state index >= 15 is 0 Å². The molecule has 0 aromatic heterocycles. The Morgan fingerprint density at radius 1 is 1.00 bits per heavy atom. The molecule has 6 heteroatoms. The van der Waals surface area contributed by atoms with E-state index in [1.54, 1.807) is 24.3 Å². The number of hydrogen-bond donors (Lipinski definition) is 2. The monoisotopic (exact) mass is 425 g/mol. The van der Waals surface area contributed by atoms with Crippen LogP contribution in [-0.2, 0) is 11.3 Å². The van der Waals surface area contributed by atoms with Gasteiger partial charge in [0.2, 0.25) is 5.91 Å². The fourth-order valence-electron chi connectivity index (χ4n) is 3.78. The molecule has 1 amide bonds. The SMILES string of the molecule is CC(=O)Nc1ccc(OCC(O)CN2CCN(Cc3ccc(C(C)C)cc3)CC2)cc1. The van der Waals surface area contributed by atoms with Crippen molar-refractivity contribution >= 4 is 11.6 Å². The first kappa shape index (κ1) is 23.3. The molecule has 0 spiro atoms. The lowest BCUT2D eigenvalue weighted by molar-refractivity contribution is -0.114. The minimum atomic E-state index is -0.537. The predicted octanol–water partition coefficient (Wildman–Crippen LogP) is 3.33. The number of rotatable bonds is 9. The van der Waals surface area contributed by atoms with Crippen molar-refractivity contribution in [2.45, 2.75) is 39.3 Å². The summed E-state index contributed by atoms with van der Waals surface area (Å²) < 4.78 is 5.70. The van der Waals surface area contributed by atoms with Crippen LogP contribution in [0.5, 0.6) is 5.75 Å². The van der Waals surface area contributed by atoms with Crippen molar-refractivity contribution < 1.29 is 14.6 Å². The minimum absolute atomic E-state index is 0.103. The van der Waals surface area contributed by atoms with Crippen LogP contribution < -0.4 is 10.1 Å². The molecule has 1 heterocycles. The summed E-state index contributed by atoms with van der Waals surface area (Å²) in [4.78, 5) is 15.8. The third-order valence-corrected chi connectivity index (χ3v) is 5.60. The van der Waals surface area contributed by atoms with E-state index in [-0.39, 0.29) is 12.5 Å². The maximum atomic E-state index is 11.1. The molecule has 0 bridgehead atoms. The first-order chi connectivity index (χ1) is 14.9. The van der Waals surface area contributed by atoms with Crippen molar-refractivity contribution in [3.63, 3.8) is 0 Å². The van der Waals surface area contributed by atoms with Crippen LogP contribution in [-0.4, -0.2) is 66.2 Å². The van der Waals surface area contributed by atoms with Crippen molar-refractivity contribution in [3.8, 4) is 5.75 Å². The molecule has 1 fully saturated rings. The second-order valence-corrected chi connectivity index (χ2v) is 8.64. The van der Waals surface area contributed by atoms with Crippen LogP contribution in [0.4, 0.5) is 5.69 Å². The number of β-amino-alcohol motifs (C(OH)–C–C–N with tert-alkyl or cyclic N) is 1. The van der Waals surface area contributed by atoms with Crippen LogP contribution >= 0.6 is 0 Å². The fourth-order valence-corrected chi connectivity index (χ4v) is 3.78. The molecule has 1 unspecified atom stereocenters. The number of benzene rings is 2. The molecule has 2 aromatic carbocycles. The van der Waals surface area contributed by atoms with Crippen LogP contribution in [0.15, 0.2) is 48.5 Å². The highest BCUT2D eigenvalue weighted by Gasteiger charge is 2.19. The second kappa shape index (κ2) is 11.3. The van der Waals surface area contributed by atoms with E-state index in [9.17, 15) is 9.90 Å². The van der Waals surface area contributed by atoms with E-state index in [4.69, 9.17) is 4.74 Å². The Labute approximate surface area is 185 Å². The van der Waals surface area contributed by atoms with Gasteiger partial charge >= 0.3 is 0 Å². The quantitative estimate of drug-likeness (QED) is 0.645. The number of carbonyl (C=O) groups excluding carboxylic acids is 1. The number of aliphatic hydroxyl groups is 1. The number of piperazine rings is 1. The van der Waals surface area contributed by atoms with Gasteiger partial charge in [0.25, 0.3) is 0 Å². The third kappa shape index (κ3) is 7.65. The molecular weight excluding hydrogens is 390 g/mol. The summed E-state index contributed by atoms with van der Waals surface area (Å²) >= 11 is 0. The zero-order valence-corrected chi connectivity index (χ0v) is 18.9. The number of carbonyl (C=O) groups is 1. The number of anilines is 1. The van der Waals surface area contributed by atoms with Gasteiger partial charge in [0.1, 0.15) is 18.5 Å². The van der Waals surface area contributed by atoms with Crippen LogP contribution in [0.25, 0.3) is 0 Å². The van der Waals surface area contributed by atoms with E-state index in [1.807, 2.05) is 0 Å². The van der Waals surface area contributed by atoms with Gasteiger partial charge in [0, 0.05) is 51.9 Å².